The van der Waals surface area contributed by atoms with Crippen molar-refractivity contribution in [2.45, 2.75) is 13.3 Å². The van der Waals surface area contributed by atoms with E-state index in [1.54, 1.807) is 6.07 Å². The standard InChI is InChI=1S/C9H6F2N2O2/c1-4-5(2-12)6(9(14)15)3-13-7(4)8(10)11/h3,8H,1H3,(H,14,15). The van der Waals surface area contributed by atoms with Gasteiger partial charge in [0.05, 0.1) is 11.1 Å². The predicted octanol–water partition coefficient (Wildman–Crippen LogP) is 1.90. The molecule has 78 valence electrons. The summed E-state index contributed by atoms with van der Waals surface area (Å²) >= 11 is 0. The van der Waals surface area contributed by atoms with Gasteiger partial charge in [0.1, 0.15) is 11.8 Å². The molecule has 0 radical (unpaired) electrons. The molecule has 1 aromatic heterocycles. The fraction of sp³-hybridized carbons (Fsp3) is 0.222. The summed E-state index contributed by atoms with van der Waals surface area (Å²) in [5, 5.41) is 17.3. The van der Waals surface area contributed by atoms with Gasteiger partial charge in [-0.2, -0.15) is 5.26 Å². The predicted molar refractivity (Wildman–Crippen MR) is 45.6 cm³/mol. The van der Waals surface area contributed by atoms with Gasteiger partial charge in [-0.05, 0) is 12.5 Å². The Bertz CT molecular complexity index is 452. The zero-order valence-corrected chi connectivity index (χ0v) is 7.66. The van der Waals surface area contributed by atoms with E-state index >= 15 is 0 Å². The van der Waals surface area contributed by atoms with Gasteiger partial charge in [0, 0.05) is 6.20 Å². The van der Waals surface area contributed by atoms with Gasteiger partial charge in [0.15, 0.2) is 0 Å². The third-order valence-corrected chi connectivity index (χ3v) is 1.91. The molecule has 0 unspecified atom stereocenters. The van der Waals surface area contributed by atoms with Crippen molar-refractivity contribution in [2.24, 2.45) is 0 Å². The van der Waals surface area contributed by atoms with E-state index < -0.39 is 18.1 Å². The number of hydrogen-bond acceptors (Lipinski definition) is 3. The van der Waals surface area contributed by atoms with Crippen LogP contribution in [0.5, 0.6) is 0 Å². The minimum Gasteiger partial charge on any atom is -0.478 e. The smallest absolute Gasteiger partial charge is 0.338 e. The van der Waals surface area contributed by atoms with E-state index in [4.69, 9.17) is 10.4 Å². The molecule has 15 heavy (non-hydrogen) atoms. The van der Waals surface area contributed by atoms with E-state index in [2.05, 4.69) is 4.98 Å². The molecule has 6 heteroatoms. The molecule has 4 nitrogen and oxygen atoms in total. The number of carboxylic acid groups (broad SMARTS) is 1. The topological polar surface area (TPSA) is 74.0 Å². The van der Waals surface area contributed by atoms with Crippen molar-refractivity contribution in [2.75, 3.05) is 0 Å². The first-order chi connectivity index (χ1) is 6.99. The normalized spacial score (nSPS) is 10.1. The lowest BCUT2D eigenvalue weighted by Gasteiger charge is -2.07. The molecule has 0 aliphatic rings. The van der Waals surface area contributed by atoms with Gasteiger partial charge in [0.2, 0.25) is 0 Å². The zero-order valence-electron chi connectivity index (χ0n) is 7.66. The third-order valence-electron chi connectivity index (χ3n) is 1.91. The lowest BCUT2D eigenvalue weighted by atomic mass is 10.0. The van der Waals surface area contributed by atoms with Gasteiger partial charge in [-0.15, -0.1) is 0 Å². The molecule has 0 aliphatic carbocycles. The first-order valence-electron chi connectivity index (χ1n) is 3.90. The Hall–Kier alpha value is -2.03. The highest BCUT2D eigenvalue weighted by Gasteiger charge is 2.20. The van der Waals surface area contributed by atoms with Crippen molar-refractivity contribution < 1.29 is 18.7 Å². The quantitative estimate of drug-likeness (QED) is 0.812. The molecular formula is C9H6F2N2O2. The molecule has 0 atom stereocenters. The molecule has 1 heterocycles. The summed E-state index contributed by atoms with van der Waals surface area (Å²) in [6.45, 7) is 1.25. The van der Waals surface area contributed by atoms with Gasteiger partial charge >= 0.3 is 5.97 Å². The Balaban J connectivity index is 3.48. The van der Waals surface area contributed by atoms with Crippen LogP contribution in [0.1, 0.15) is 33.6 Å². The van der Waals surface area contributed by atoms with E-state index in [0.29, 0.717) is 0 Å². The second kappa shape index (κ2) is 4.00. The van der Waals surface area contributed by atoms with Crippen LogP contribution in [0.15, 0.2) is 6.20 Å². The largest absolute Gasteiger partial charge is 0.478 e. The average molecular weight is 212 g/mol. The van der Waals surface area contributed by atoms with E-state index in [1.165, 1.54) is 6.92 Å². The summed E-state index contributed by atoms with van der Waals surface area (Å²) in [4.78, 5) is 14.0. The maximum Gasteiger partial charge on any atom is 0.338 e. The van der Waals surface area contributed by atoms with Crippen LogP contribution < -0.4 is 0 Å². The summed E-state index contributed by atoms with van der Waals surface area (Å²) < 4.78 is 24.7. The van der Waals surface area contributed by atoms with Crippen LogP contribution in [-0.2, 0) is 0 Å². The van der Waals surface area contributed by atoms with Crippen molar-refractivity contribution in [1.29, 1.82) is 5.26 Å². The summed E-state index contributed by atoms with van der Waals surface area (Å²) in [7, 11) is 0. The highest BCUT2D eigenvalue weighted by molar-refractivity contribution is 5.90. The first kappa shape index (κ1) is 11.0. The number of halogens is 2. The SMILES string of the molecule is Cc1c(C(F)F)ncc(C(=O)O)c1C#N. The van der Waals surface area contributed by atoms with E-state index in [0.717, 1.165) is 6.20 Å². The van der Waals surface area contributed by atoms with E-state index in [-0.39, 0.29) is 16.7 Å². The number of nitrogens with zero attached hydrogens (tertiary/aromatic N) is 2. The Morgan fingerprint density at radius 2 is 2.27 bits per heavy atom. The Morgan fingerprint density at radius 3 is 2.67 bits per heavy atom. The van der Waals surface area contributed by atoms with Crippen LogP contribution in [-0.4, -0.2) is 16.1 Å². The molecule has 0 aliphatic heterocycles. The number of alkyl halides is 2. The molecule has 1 aromatic rings. The Kier molecular flexibility index (Phi) is 2.95. The van der Waals surface area contributed by atoms with Crippen LogP contribution in [0, 0.1) is 18.3 Å². The van der Waals surface area contributed by atoms with Crippen LogP contribution >= 0.6 is 0 Å². The summed E-state index contributed by atoms with van der Waals surface area (Å²) in [5.41, 5.74) is -1.28. The first-order valence-corrected chi connectivity index (χ1v) is 3.90. The molecule has 1 rings (SSSR count). The van der Waals surface area contributed by atoms with Gasteiger partial charge in [-0.3, -0.25) is 4.98 Å². The lowest BCUT2D eigenvalue weighted by molar-refractivity contribution is 0.0695. The molecule has 0 saturated heterocycles. The monoisotopic (exact) mass is 212 g/mol. The van der Waals surface area contributed by atoms with Crippen LogP contribution in [0.3, 0.4) is 0 Å². The molecule has 0 bridgehead atoms. The summed E-state index contributed by atoms with van der Waals surface area (Å²) in [5.74, 6) is -1.36. The van der Waals surface area contributed by atoms with E-state index in [9.17, 15) is 13.6 Å². The van der Waals surface area contributed by atoms with Crippen LogP contribution in [0.4, 0.5) is 8.78 Å². The van der Waals surface area contributed by atoms with Crippen molar-refractivity contribution in [3.63, 3.8) is 0 Å². The zero-order chi connectivity index (χ0) is 11.6. The average Bonchev–Trinajstić information content (AvgIpc) is 2.16. The minimum absolute atomic E-state index is 0.0904. The van der Waals surface area contributed by atoms with Crippen molar-refractivity contribution >= 4 is 5.97 Å². The van der Waals surface area contributed by atoms with Gasteiger partial charge in [-0.1, -0.05) is 0 Å². The number of aromatic nitrogens is 1. The molecule has 0 aromatic carbocycles. The lowest BCUT2D eigenvalue weighted by Crippen LogP contribution is -2.07. The number of pyridine rings is 1. The highest BCUT2D eigenvalue weighted by Crippen LogP contribution is 2.24. The van der Waals surface area contributed by atoms with Crippen LogP contribution in [0.2, 0.25) is 0 Å². The second-order valence-electron chi connectivity index (χ2n) is 2.77. The van der Waals surface area contributed by atoms with Crippen molar-refractivity contribution in [1.82, 2.24) is 4.98 Å². The second-order valence-corrected chi connectivity index (χ2v) is 2.77. The fourth-order valence-electron chi connectivity index (χ4n) is 1.15. The number of carbonyl (C=O) groups is 1. The maximum absolute atomic E-state index is 12.4. The Labute approximate surface area is 83.8 Å². The molecule has 0 saturated carbocycles. The number of nitriles is 1. The van der Waals surface area contributed by atoms with Gasteiger partial charge in [0.25, 0.3) is 6.43 Å². The molecule has 0 amide bonds. The molecule has 1 N–H and O–H groups in total. The Morgan fingerprint density at radius 1 is 1.67 bits per heavy atom. The molecular weight excluding hydrogens is 206 g/mol. The highest BCUT2D eigenvalue weighted by atomic mass is 19.3. The summed E-state index contributed by atoms with van der Waals surface area (Å²) in [6, 6.07) is 1.59. The number of rotatable bonds is 2. The van der Waals surface area contributed by atoms with Gasteiger partial charge < -0.3 is 5.11 Å². The number of carboxylic acids is 1. The minimum atomic E-state index is -2.82. The number of hydrogen-bond donors (Lipinski definition) is 1. The number of aromatic carboxylic acids is 1. The summed E-state index contributed by atoms with van der Waals surface area (Å²) in [6.07, 6.45) is -2.05. The fourth-order valence-corrected chi connectivity index (χ4v) is 1.15. The third kappa shape index (κ3) is 1.91. The van der Waals surface area contributed by atoms with Crippen molar-refractivity contribution in [3.05, 3.63) is 28.6 Å². The molecule has 0 spiro atoms. The molecule has 0 fully saturated rings. The maximum atomic E-state index is 12.4. The van der Waals surface area contributed by atoms with Gasteiger partial charge in [-0.25, -0.2) is 13.6 Å². The van der Waals surface area contributed by atoms with Crippen molar-refractivity contribution in [3.8, 4) is 6.07 Å². The van der Waals surface area contributed by atoms with Crippen LogP contribution in [0.25, 0.3) is 0 Å². The van der Waals surface area contributed by atoms with E-state index in [1.807, 2.05) is 0 Å².